The van der Waals surface area contributed by atoms with Crippen LogP contribution in [0.5, 0.6) is 11.5 Å². The van der Waals surface area contributed by atoms with E-state index in [0.29, 0.717) is 0 Å². The van der Waals surface area contributed by atoms with Crippen molar-refractivity contribution in [3.63, 3.8) is 0 Å². The van der Waals surface area contributed by atoms with Crippen molar-refractivity contribution in [3.05, 3.63) is 23.3 Å². The number of hydrogen-bond donors (Lipinski definition) is 0. The van der Waals surface area contributed by atoms with Crippen LogP contribution in [0.1, 0.15) is 56.6 Å². The number of hydrogen-bond acceptors (Lipinski definition) is 4. The van der Waals surface area contributed by atoms with Gasteiger partial charge in [0.15, 0.2) is 0 Å². The number of ether oxygens (including phenoxy) is 2. The maximum atomic E-state index is 11.0. The fourth-order valence-electron chi connectivity index (χ4n) is 3.45. The molecule has 0 saturated heterocycles. The first-order valence-corrected chi connectivity index (χ1v) is 7.44. The minimum Gasteiger partial charge on any atom is -0.496 e. The Morgan fingerprint density at radius 3 is 2.19 bits per heavy atom. The van der Waals surface area contributed by atoms with Crippen LogP contribution in [-0.2, 0) is 10.3 Å². The second-order valence-electron chi connectivity index (χ2n) is 5.86. The second-order valence-corrected chi connectivity index (χ2v) is 5.86. The first-order chi connectivity index (χ1) is 10.1. The minimum absolute atomic E-state index is 0.254. The van der Waals surface area contributed by atoms with Gasteiger partial charge in [0.05, 0.1) is 14.2 Å². The van der Waals surface area contributed by atoms with Gasteiger partial charge in [-0.3, -0.25) is 0 Å². The summed E-state index contributed by atoms with van der Waals surface area (Å²) < 4.78 is 11.1. The Kier molecular flexibility index (Phi) is 4.69. The van der Waals surface area contributed by atoms with Crippen LogP contribution < -0.4 is 9.47 Å². The Morgan fingerprint density at radius 1 is 1.14 bits per heavy atom. The van der Waals surface area contributed by atoms with Gasteiger partial charge in [0.2, 0.25) is 6.08 Å². The van der Waals surface area contributed by atoms with Gasteiger partial charge in [0.1, 0.15) is 17.0 Å². The van der Waals surface area contributed by atoms with Crippen LogP contribution in [0, 0.1) is 0 Å². The zero-order valence-electron chi connectivity index (χ0n) is 13.2. The molecule has 0 heterocycles. The van der Waals surface area contributed by atoms with Crippen LogP contribution in [0.3, 0.4) is 0 Å². The van der Waals surface area contributed by atoms with Gasteiger partial charge in [0.25, 0.3) is 0 Å². The number of isocyanates is 1. The fourth-order valence-corrected chi connectivity index (χ4v) is 3.45. The summed E-state index contributed by atoms with van der Waals surface area (Å²) >= 11 is 0. The van der Waals surface area contributed by atoms with E-state index in [1.165, 1.54) is 0 Å². The first-order valence-electron chi connectivity index (χ1n) is 7.44. The van der Waals surface area contributed by atoms with Crippen molar-refractivity contribution in [2.45, 2.75) is 51.0 Å². The second kappa shape index (κ2) is 6.31. The molecular weight excluding hydrogens is 266 g/mol. The number of methoxy groups -OCH3 is 2. The zero-order chi connectivity index (χ0) is 15.5. The molecule has 0 amide bonds. The highest BCUT2D eigenvalue weighted by Gasteiger charge is 2.41. The summed E-state index contributed by atoms with van der Waals surface area (Å²) in [5.74, 6) is 1.86. The predicted octanol–water partition coefficient (Wildman–Crippen LogP) is 3.93. The van der Waals surface area contributed by atoms with Gasteiger partial charge in [-0.15, -0.1) is 0 Å². The summed E-state index contributed by atoms with van der Waals surface area (Å²) in [6, 6.07) is 3.82. The Hall–Kier alpha value is -1.80. The van der Waals surface area contributed by atoms with E-state index in [9.17, 15) is 4.79 Å². The number of nitrogens with zero attached hydrogens (tertiary/aromatic N) is 1. The number of benzene rings is 1. The lowest BCUT2D eigenvalue weighted by molar-refractivity contribution is 0.364. The summed E-state index contributed by atoms with van der Waals surface area (Å²) in [6.45, 7) is 4.24. The number of carbonyl (C=O) groups excluding carboxylic acids is 1. The number of aliphatic imine (C=N–C) groups is 1. The molecule has 1 fully saturated rings. The average Bonchev–Trinajstić information content (AvgIpc) is 2.95. The van der Waals surface area contributed by atoms with E-state index >= 15 is 0 Å². The highest BCUT2D eigenvalue weighted by molar-refractivity contribution is 5.55. The van der Waals surface area contributed by atoms with Crippen molar-refractivity contribution >= 4 is 6.08 Å². The Morgan fingerprint density at radius 2 is 1.71 bits per heavy atom. The molecule has 1 aromatic carbocycles. The molecule has 0 aromatic heterocycles. The van der Waals surface area contributed by atoms with Gasteiger partial charge in [0, 0.05) is 11.1 Å². The van der Waals surface area contributed by atoms with Crippen molar-refractivity contribution < 1.29 is 14.3 Å². The third-order valence-electron chi connectivity index (χ3n) is 4.34. The molecule has 0 aliphatic heterocycles. The van der Waals surface area contributed by atoms with Gasteiger partial charge in [-0.25, -0.2) is 4.79 Å². The van der Waals surface area contributed by atoms with Crippen molar-refractivity contribution in [2.24, 2.45) is 4.99 Å². The largest absolute Gasteiger partial charge is 0.496 e. The van der Waals surface area contributed by atoms with Crippen LogP contribution in [0.15, 0.2) is 17.1 Å². The van der Waals surface area contributed by atoms with E-state index in [-0.39, 0.29) is 5.92 Å². The predicted molar refractivity (Wildman–Crippen MR) is 81.9 cm³/mol. The highest BCUT2D eigenvalue weighted by atomic mass is 16.5. The Balaban J connectivity index is 2.77. The lowest BCUT2D eigenvalue weighted by Gasteiger charge is -2.30. The summed E-state index contributed by atoms with van der Waals surface area (Å²) in [5.41, 5.74) is 1.57. The first kappa shape index (κ1) is 15.6. The van der Waals surface area contributed by atoms with Crippen LogP contribution in [0.2, 0.25) is 0 Å². The third-order valence-corrected chi connectivity index (χ3v) is 4.34. The molecule has 21 heavy (non-hydrogen) atoms. The standard InChI is InChI=1S/C17H23NO3/c1-12(2)15-13(20-3)7-8-14(21-4)16(15)17(18-11-19)9-5-6-10-17/h7-8,12H,5-6,9-10H2,1-4H3. The summed E-state index contributed by atoms with van der Waals surface area (Å²) in [4.78, 5) is 15.2. The molecule has 1 aliphatic rings. The molecule has 0 unspecified atom stereocenters. The topological polar surface area (TPSA) is 47.9 Å². The molecule has 0 spiro atoms. The van der Waals surface area contributed by atoms with E-state index in [2.05, 4.69) is 18.8 Å². The molecule has 114 valence electrons. The molecule has 1 aliphatic carbocycles. The van der Waals surface area contributed by atoms with Crippen LogP contribution in [-0.4, -0.2) is 20.3 Å². The molecule has 0 N–H and O–H groups in total. The van der Waals surface area contributed by atoms with Gasteiger partial charge in [-0.1, -0.05) is 26.7 Å². The summed E-state index contributed by atoms with van der Waals surface area (Å²) in [6.07, 6.45) is 5.61. The molecule has 4 nitrogen and oxygen atoms in total. The van der Waals surface area contributed by atoms with Gasteiger partial charge in [-0.05, 0) is 30.9 Å². The molecular formula is C17H23NO3. The quantitative estimate of drug-likeness (QED) is 0.609. The van der Waals surface area contributed by atoms with Crippen molar-refractivity contribution in [1.82, 2.24) is 0 Å². The number of rotatable bonds is 5. The fraction of sp³-hybridized carbons (Fsp3) is 0.588. The molecule has 4 heteroatoms. The Bertz CT molecular complexity index is 553. The van der Waals surface area contributed by atoms with Crippen LogP contribution >= 0.6 is 0 Å². The van der Waals surface area contributed by atoms with E-state index in [1.54, 1.807) is 20.3 Å². The van der Waals surface area contributed by atoms with Gasteiger partial charge < -0.3 is 9.47 Å². The van der Waals surface area contributed by atoms with Crippen molar-refractivity contribution in [1.29, 1.82) is 0 Å². The normalized spacial score (nSPS) is 16.6. The third kappa shape index (κ3) is 2.68. The van der Waals surface area contributed by atoms with E-state index in [0.717, 1.165) is 48.3 Å². The van der Waals surface area contributed by atoms with Crippen LogP contribution in [0.4, 0.5) is 0 Å². The molecule has 1 aromatic rings. The Labute approximate surface area is 126 Å². The minimum atomic E-state index is -0.513. The lowest BCUT2D eigenvalue weighted by Crippen LogP contribution is -2.23. The molecule has 2 rings (SSSR count). The SMILES string of the molecule is COc1ccc(OC)c(C2(N=C=O)CCCC2)c1C(C)C. The van der Waals surface area contributed by atoms with Crippen LogP contribution in [0.25, 0.3) is 0 Å². The van der Waals surface area contributed by atoms with E-state index < -0.39 is 5.54 Å². The summed E-state index contributed by atoms with van der Waals surface area (Å²) in [5, 5.41) is 0. The molecule has 1 saturated carbocycles. The van der Waals surface area contributed by atoms with E-state index in [4.69, 9.17) is 9.47 Å². The highest BCUT2D eigenvalue weighted by Crippen LogP contribution is 2.50. The average molecular weight is 289 g/mol. The molecule has 0 radical (unpaired) electrons. The monoisotopic (exact) mass is 289 g/mol. The molecule has 0 bridgehead atoms. The smallest absolute Gasteiger partial charge is 0.235 e. The van der Waals surface area contributed by atoms with Crippen molar-refractivity contribution in [3.8, 4) is 11.5 Å². The maximum Gasteiger partial charge on any atom is 0.235 e. The van der Waals surface area contributed by atoms with Gasteiger partial charge >= 0.3 is 0 Å². The lowest BCUT2D eigenvalue weighted by atomic mass is 9.81. The van der Waals surface area contributed by atoms with Gasteiger partial charge in [-0.2, -0.15) is 4.99 Å². The van der Waals surface area contributed by atoms with Crippen molar-refractivity contribution in [2.75, 3.05) is 14.2 Å². The maximum absolute atomic E-state index is 11.0. The molecule has 0 atom stereocenters. The van der Waals surface area contributed by atoms with E-state index in [1.807, 2.05) is 12.1 Å². The summed E-state index contributed by atoms with van der Waals surface area (Å²) in [7, 11) is 3.32. The zero-order valence-corrected chi connectivity index (χ0v) is 13.2.